The van der Waals surface area contributed by atoms with Gasteiger partial charge in [-0.2, -0.15) is 0 Å². The summed E-state index contributed by atoms with van der Waals surface area (Å²) in [6, 6.07) is 0. The molecule has 1 aliphatic carbocycles. The summed E-state index contributed by atoms with van der Waals surface area (Å²) in [5.41, 5.74) is -0.0329. The van der Waals surface area contributed by atoms with E-state index in [0.29, 0.717) is 44.1 Å². The summed E-state index contributed by atoms with van der Waals surface area (Å²) < 4.78 is 63.8. The highest BCUT2D eigenvalue weighted by molar-refractivity contribution is 5.77. The van der Waals surface area contributed by atoms with E-state index in [1.54, 1.807) is 34.1 Å². The molecule has 4 fully saturated rings. The number of aliphatic hydroxyl groups is 3. The van der Waals surface area contributed by atoms with Crippen molar-refractivity contribution in [1.82, 2.24) is 0 Å². The molecule has 0 amide bonds. The van der Waals surface area contributed by atoms with E-state index in [0.717, 1.165) is 18.4 Å². The molecule has 2 unspecified atom stereocenters. The second-order valence-corrected chi connectivity index (χ2v) is 19.6. The lowest BCUT2D eigenvalue weighted by Gasteiger charge is -2.48. The maximum Gasteiger partial charge on any atom is 0.316 e. The molecule has 6 aliphatic heterocycles. The quantitative estimate of drug-likeness (QED) is 0.223. The van der Waals surface area contributed by atoms with Crippen molar-refractivity contribution in [1.29, 1.82) is 0 Å². The zero-order chi connectivity index (χ0) is 44.0. The summed E-state index contributed by atoms with van der Waals surface area (Å²) in [6.45, 7) is 16.4. The van der Waals surface area contributed by atoms with Crippen LogP contribution in [0.1, 0.15) is 107 Å². The maximum absolute atomic E-state index is 14.3. The van der Waals surface area contributed by atoms with E-state index in [4.69, 9.17) is 47.4 Å². The van der Waals surface area contributed by atoms with Crippen LogP contribution in [0.15, 0.2) is 35.5 Å². The first-order chi connectivity index (χ1) is 29.0. The number of hydrogen-bond acceptors (Lipinski definition) is 14. The van der Waals surface area contributed by atoms with Crippen LogP contribution in [-0.4, -0.2) is 139 Å². The number of rotatable bonds is 7. The molecule has 7 aliphatic rings. The lowest BCUT2D eigenvalue weighted by Crippen LogP contribution is -2.60. The summed E-state index contributed by atoms with van der Waals surface area (Å²) in [4.78, 5) is 14.3. The lowest BCUT2D eigenvalue weighted by atomic mass is 9.67. The molecular formula is C47H74O14. The minimum absolute atomic E-state index is 0.0319. The molecule has 0 aromatic rings. The van der Waals surface area contributed by atoms with Crippen molar-refractivity contribution in [2.45, 2.75) is 204 Å². The van der Waals surface area contributed by atoms with Crippen LogP contribution >= 0.6 is 0 Å². The molecule has 0 aromatic carbocycles. The van der Waals surface area contributed by atoms with Crippen LogP contribution in [0.5, 0.6) is 0 Å². The number of fused-ring (bicyclic) bond motifs is 2. The Morgan fingerprint density at radius 3 is 2.30 bits per heavy atom. The number of hydrogen-bond donors (Lipinski definition) is 3. The Labute approximate surface area is 362 Å². The van der Waals surface area contributed by atoms with Crippen molar-refractivity contribution in [3.63, 3.8) is 0 Å². The molecular weight excluding hydrogens is 789 g/mol. The van der Waals surface area contributed by atoms with E-state index in [-0.39, 0.29) is 48.8 Å². The fraction of sp³-hybridized carbons (Fsp3) is 0.851. The summed E-state index contributed by atoms with van der Waals surface area (Å²) in [7, 11) is 3.24. The highest BCUT2D eigenvalue weighted by Gasteiger charge is 2.62. The van der Waals surface area contributed by atoms with Gasteiger partial charge in [0.15, 0.2) is 18.4 Å². The molecule has 6 heterocycles. The van der Waals surface area contributed by atoms with Crippen LogP contribution in [-0.2, 0) is 52.2 Å². The Balaban J connectivity index is 1.15. The van der Waals surface area contributed by atoms with E-state index in [1.165, 1.54) is 0 Å². The third kappa shape index (κ3) is 9.77. The normalized spacial score (nSPS) is 49.5. The molecule has 4 saturated heterocycles. The standard InChI is InChI=1S/C47H74O14/c1-24(2)41-27(5)16-17-46(61-41)22-33-19-32(60-46)15-14-26(4)42(25(3)12-11-13-31-23-54-44-39(48)28(6)18-34(45(50)57-33)47(31,44)51)58-38-21-36(53-10)43(30(8)56-38)59-37-20-35(52-9)40(49)29(7)55-37/h14,16-18,24-25,27,29-44,48-49,51H,11-13,15,19-23H2,1-10H3/b26-14+/t25-,27-,29-,30-,31?,32+,33-,34-,35-,36-,37-,38-,39+,40-,41+,42-,43-,44?,46+,47+/m0/s1. The van der Waals surface area contributed by atoms with Gasteiger partial charge in [-0.25, -0.2) is 0 Å². The van der Waals surface area contributed by atoms with Gasteiger partial charge in [0.1, 0.15) is 42.0 Å². The molecule has 0 radical (unpaired) electrons. The third-order valence-electron chi connectivity index (χ3n) is 14.7. The predicted molar refractivity (Wildman–Crippen MR) is 223 cm³/mol. The molecule has 346 valence electrons. The zero-order valence-electron chi connectivity index (χ0n) is 38.0. The molecule has 1 spiro atoms. The van der Waals surface area contributed by atoms with Gasteiger partial charge in [0.25, 0.3) is 0 Å². The Bertz CT molecular complexity index is 1600. The summed E-state index contributed by atoms with van der Waals surface area (Å²) in [6.07, 6.45) is 4.80. The largest absolute Gasteiger partial charge is 0.462 e. The van der Waals surface area contributed by atoms with Gasteiger partial charge in [0.05, 0.1) is 49.3 Å². The van der Waals surface area contributed by atoms with E-state index >= 15 is 0 Å². The van der Waals surface area contributed by atoms with E-state index in [2.05, 4.69) is 46.8 Å². The maximum atomic E-state index is 14.3. The first kappa shape index (κ1) is 47.2. The molecule has 2 bridgehead atoms. The highest BCUT2D eigenvalue weighted by Crippen LogP contribution is 2.49. The van der Waals surface area contributed by atoms with Gasteiger partial charge >= 0.3 is 5.97 Å². The number of ether oxygens (including phenoxy) is 10. The average molecular weight is 863 g/mol. The number of esters is 1. The Morgan fingerprint density at radius 2 is 1.57 bits per heavy atom. The molecule has 14 nitrogen and oxygen atoms in total. The van der Waals surface area contributed by atoms with Crippen molar-refractivity contribution < 1.29 is 67.5 Å². The number of carbonyl (C=O) groups is 1. The average Bonchev–Trinajstić information content (AvgIpc) is 3.56. The number of aliphatic hydroxyl groups excluding tert-OH is 2. The number of methoxy groups -OCH3 is 2. The van der Waals surface area contributed by atoms with Gasteiger partial charge < -0.3 is 62.7 Å². The molecule has 0 saturated carbocycles. The minimum atomic E-state index is -1.64. The van der Waals surface area contributed by atoms with Crippen LogP contribution < -0.4 is 0 Å². The first-order valence-electron chi connectivity index (χ1n) is 22.9. The summed E-state index contributed by atoms with van der Waals surface area (Å²) >= 11 is 0. The Morgan fingerprint density at radius 1 is 0.869 bits per heavy atom. The van der Waals surface area contributed by atoms with E-state index in [9.17, 15) is 20.1 Å². The van der Waals surface area contributed by atoms with Crippen LogP contribution in [0.3, 0.4) is 0 Å². The lowest BCUT2D eigenvalue weighted by molar-refractivity contribution is -0.319. The van der Waals surface area contributed by atoms with Gasteiger partial charge in [0.2, 0.25) is 0 Å². The monoisotopic (exact) mass is 863 g/mol. The number of carbonyl (C=O) groups excluding carboxylic acids is 1. The first-order valence-corrected chi connectivity index (χ1v) is 22.9. The zero-order valence-corrected chi connectivity index (χ0v) is 38.0. The van der Waals surface area contributed by atoms with Crippen LogP contribution in [0.25, 0.3) is 0 Å². The Kier molecular flexibility index (Phi) is 15.0. The topological polar surface area (TPSA) is 170 Å². The van der Waals surface area contributed by atoms with Gasteiger partial charge in [-0.1, -0.05) is 52.3 Å². The smallest absolute Gasteiger partial charge is 0.316 e. The summed E-state index contributed by atoms with van der Waals surface area (Å²) in [5, 5.41) is 34.3. The van der Waals surface area contributed by atoms with Crippen molar-refractivity contribution in [3.8, 4) is 0 Å². The second kappa shape index (κ2) is 19.4. The van der Waals surface area contributed by atoms with Crippen LogP contribution in [0.2, 0.25) is 0 Å². The second-order valence-electron chi connectivity index (χ2n) is 19.6. The predicted octanol–water partition coefficient (Wildman–Crippen LogP) is 5.29. The van der Waals surface area contributed by atoms with Crippen molar-refractivity contribution in [2.24, 2.45) is 29.6 Å². The molecule has 14 heteroatoms. The van der Waals surface area contributed by atoms with Crippen molar-refractivity contribution in [2.75, 3.05) is 20.8 Å². The minimum Gasteiger partial charge on any atom is -0.462 e. The van der Waals surface area contributed by atoms with Crippen molar-refractivity contribution in [3.05, 3.63) is 35.5 Å². The van der Waals surface area contributed by atoms with Gasteiger partial charge in [-0.3, -0.25) is 4.79 Å². The van der Waals surface area contributed by atoms with Crippen LogP contribution in [0.4, 0.5) is 0 Å². The fourth-order valence-electron chi connectivity index (χ4n) is 11.2. The summed E-state index contributed by atoms with van der Waals surface area (Å²) in [5.74, 6) is -2.59. The van der Waals surface area contributed by atoms with Crippen LogP contribution in [0, 0.1) is 29.6 Å². The van der Waals surface area contributed by atoms with E-state index < -0.39 is 90.6 Å². The Hall–Kier alpha value is -1.79. The molecule has 20 atom stereocenters. The van der Waals surface area contributed by atoms with Gasteiger partial charge in [-0.15, -0.1) is 0 Å². The van der Waals surface area contributed by atoms with E-state index in [1.807, 2.05) is 13.0 Å². The molecule has 7 rings (SSSR count). The van der Waals surface area contributed by atoms with Crippen molar-refractivity contribution >= 4 is 5.97 Å². The SMILES string of the molecule is CO[C@H]1C[C@H](O[C@H]2[C@H](C)O[C@@H](O[C@@H]3/C(C)=C/C[C@@H]4C[C@@H](C[C@]5(C=C[C@H](C)[C@@H](C(C)C)O5)O4)OC(=O)[C@@H]4C=C(C)[C@@H](O)C5OCC(CCC[C@@H]3C)[C@]54O)C[C@@H]2OC)O[C@@H](C)[C@@H]1O. The molecule has 0 aromatic heterocycles. The molecule has 3 N–H and O–H groups in total. The van der Waals surface area contributed by atoms with Gasteiger partial charge in [-0.05, 0) is 76.0 Å². The highest BCUT2D eigenvalue weighted by atomic mass is 16.7. The molecule has 61 heavy (non-hydrogen) atoms. The fourth-order valence-corrected chi connectivity index (χ4v) is 11.2. The third-order valence-corrected chi connectivity index (χ3v) is 14.7. The van der Waals surface area contributed by atoms with Gasteiger partial charge in [0, 0.05) is 51.7 Å².